The van der Waals surface area contributed by atoms with Crippen molar-refractivity contribution in [2.75, 3.05) is 12.4 Å². The highest BCUT2D eigenvalue weighted by molar-refractivity contribution is 5.99. The van der Waals surface area contributed by atoms with Gasteiger partial charge in [0.25, 0.3) is 0 Å². The number of methoxy groups -OCH3 is 1. The van der Waals surface area contributed by atoms with Gasteiger partial charge >= 0.3 is 5.97 Å². The fourth-order valence-corrected chi connectivity index (χ4v) is 2.10. The normalized spacial score (nSPS) is 18.4. The van der Waals surface area contributed by atoms with E-state index in [-0.39, 0.29) is 12.0 Å². The Bertz CT molecular complexity index is 495. The molecule has 4 nitrogen and oxygen atoms in total. The predicted octanol–water partition coefficient (Wildman–Crippen LogP) is 2.45. The number of benzene rings is 1. The number of anilines is 1. The molecular formula is C14H18N2O2. The first-order valence-corrected chi connectivity index (χ1v) is 6.09. The quantitative estimate of drug-likeness (QED) is 0.815. The van der Waals surface area contributed by atoms with Crippen LogP contribution < -0.4 is 5.32 Å². The number of carbonyl (C=O) groups is 1. The molecule has 0 bridgehead atoms. The summed E-state index contributed by atoms with van der Waals surface area (Å²) in [6, 6.07) is 5.87. The van der Waals surface area contributed by atoms with Crippen LogP contribution in [-0.2, 0) is 9.53 Å². The van der Waals surface area contributed by atoms with Crippen LogP contribution in [0.25, 0.3) is 0 Å². The Morgan fingerprint density at radius 1 is 1.44 bits per heavy atom. The van der Waals surface area contributed by atoms with Crippen LogP contribution in [-0.4, -0.2) is 25.0 Å². The summed E-state index contributed by atoms with van der Waals surface area (Å²) in [5.41, 5.74) is 3.46. The second kappa shape index (κ2) is 5.21. The van der Waals surface area contributed by atoms with Crippen molar-refractivity contribution in [2.45, 2.75) is 32.7 Å². The van der Waals surface area contributed by atoms with Crippen LogP contribution in [0.1, 0.15) is 24.0 Å². The van der Waals surface area contributed by atoms with Crippen molar-refractivity contribution in [1.29, 1.82) is 0 Å². The average molecular weight is 246 g/mol. The van der Waals surface area contributed by atoms with Gasteiger partial charge in [-0.25, -0.2) is 4.79 Å². The lowest BCUT2D eigenvalue weighted by molar-refractivity contribution is -0.141. The lowest BCUT2D eigenvalue weighted by Gasteiger charge is -2.09. The number of nitrogens with zero attached hydrogens (tertiary/aromatic N) is 1. The zero-order valence-corrected chi connectivity index (χ0v) is 11.0. The monoisotopic (exact) mass is 246 g/mol. The summed E-state index contributed by atoms with van der Waals surface area (Å²) in [5.74, 6) is 0.602. The molecule has 0 aliphatic carbocycles. The lowest BCUT2D eigenvalue weighted by Crippen LogP contribution is -2.17. The molecule has 1 aliphatic rings. The number of rotatable bonds is 2. The third-order valence-electron chi connectivity index (χ3n) is 3.10. The Hall–Kier alpha value is -1.84. The highest BCUT2D eigenvalue weighted by Crippen LogP contribution is 2.20. The van der Waals surface area contributed by atoms with Crippen molar-refractivity contribution in [2.24, 2.45) is 4.99 Å². The first-order chi connectivity index (χ1) is 8.60. The topological polar surface area (TPSA) is 50.7 Å². The standard InChI is InChI=1S/C14H18N2O2/c1-9-4-5-11(10(2)8-9)15-13-7-6-12(16-13)14(17)18-3/h4-5,8,12H,6-7H2,1-3H3,(H,15,16)/t12-/m1/s1. The Morgan fingerprint density at radius 2 is 2.22 bits per heavy atom. The van der Waals surface area contributed by atoms with Crippen molar-refractivity contribution in [3.05, 3.63) is 29.3 Å². The molecule has 0 radical (unpaired) electrons. The first kappa shape index (κ1) is 12.6. The number of aryl methyl sites for hydroxylation is 2. The molecule has 0 spiro atoms. The molecule has 0 saturated heterocycles. The van der Waals surface area contributed by atoms with Gasteiger partial charge in [-0.15, -0.1) is 0 Å². The van der Waals surface area contributed by atoms with E-state index in [9.17, 15) is 4.79 Å². The summed E-state index contributed by atoms with van der Waals surface area (Å²) in [5, 5.41) is 3.29. The fraction of sp³-hybridized carbons (Fsp3) is 0.429. The number of ether oxygens (including phenoxy) is 1. The van der Waals surface area contributed by atoms with E-state index in [1.165, 1.54) is 18.2 Å². The minimum absolute atomic E-state index is 0.257. The number of carbonyl (C=O) groups excluding carboxylic acids is 1. The van der Waals surface area contributed by atoms with Crippen LogP contribution in [0.15, 0.2) is 23.2 Å². The molecule has 4 heteroatoms. The maximum absolute atomic E-state index is 11.4. The fourth-order valence-electron chi connectivity index (χ4n) is 2.10. The molecule has 18 heavy (non-hydrogen) atoms. The number of hydrogen-bond acceptors (Lipinski definition) is 4. The molecule has 0 saturated carbocycles. The zero-order chi connectivity index (χ0) is 13.1. The summed E-state index contributed by atoms with van der Waals surface area (Å²) in [7, 11) is 1.40. The SMILES string of the molecule is COC(=O)[C@H]1CCC(Nc2ccc(C)cc2C)=N1. The number of nitrogens with one attached hydrogen (secondary N) is 1. The third-order valence-corrected chi connectivity index (χ3v) is 3.10. The molecule has 0 aromatic heterocycles. The van der Waals surface area contributed by atoms with Crippen molar-refractivity contribution in [1.82, 2.24) is 0 Å². The van der Waals surface area contributed by atoms with Crippen LogP contribution in [0.4, 0.5) is 5.69 Å². The Balaban J connectivity index is 2.08. The molecule has 1 aromatic carbocycles. The van der Waals surface area contributed by atoms with E-state index in [0.717, 1.165) is 24.4 Å². The third kappa shape index (κ3) is 2.70. The average Bonchev–Trinajstić information content (AvgIpc) is 2.80. The van der Waals surface area contributed by atoms with E-state index in [1.54, 1.807) is 0 Å². The Labute approximate surface area is 107 Å². The van der Waals surface area contributed by atoms with Crippen LogP contribution in [0, 0.1) is 13.8 Å². The predicted molar refractivity (Wildman–Crippen MR) is 72.0 cm³/mol. The lowest BCUT2D eigenvalue weighted by atomic mass is 10.1. The molecule has 2 rings (SSSR count). The van der Waals surface area contributed by atoms with Gasteiger partial charge in [-0.2, -0.15) is 0 Å². The van der Waals surface area contributed by atoms with Gasteiger partial charge in [0.05, 0.1) is 7.11 Å². The summed E-state index contributed by atoms with van der Waals surface area (Å²) < 4.78 is 4.70. The summed E-state index contributed by atoms with van der Waals surface area (Å²) in [6.07, 6.45) is 1.51. The van der Waals surface area contributed by atoms with Crippen molar-refractivity contribution in [3.8, 4) is 0 Å². The van der Waals surface area contributed by atoms with Crippen molar-refractivity contribution < 1.29 is 9.53 Å². The van der Waals surface area contributed by atoms with Crippen molar-refractivity contribution >= 4 is 17.5 Å². The summed E-state index contributed by atoms with van der Waals surface area (Å²) in [6.45, 7) is 4.12. The van der Waals surface area contributed by atoms with E-state index in [4.69, 9.17) is 4.74 Å². The van der Waals surface area contributed by atoms with Crippen molar-refractivity contribution in [3.63, 3.8) is 0 Å². The second-order valence-electron chi connectivity index (χ2n) is 4.60. The molecule has 0 fully saturated rings. The summed E-state index contributed by atoms with van der Waals surface area (Å²) in [4.78, 5) is 15.7. The minimum atomic E-state index is -0.344. The molecule has 1 atom stereocenters. The smallest absolute Gasteiger partial charge is 0.330 e. The summed E-state index contributed by atoms with van der Waals surface area (Å²) >= 11 is 0. The van der Waals surface area contributed by atoms with Gasteiger partial charge in [0, 0.05) is 12.1 Å². The van der Waals surface area contributed by atoms with Gasteiger partial charge in [0.15, 0.2) is 0 Å². The number of aliphatic imine (C=N–C) groups is 1. The maximum atomic E-state index is 11.4. The number of esters is 1. The van der Waals surface area contributed by atoms with E-state index < -0.39 is 0 Å². The maximum Gasteiger partial charge on any atom is 0.330 e. The molecule has 1 heterocycles. The molecule has 1 aliphatic heterocycles. The van der Waals surface area contributed by atoms with Crippen LogP contribution in [0.5, 0.6) is 0 Å². The number of amidine groups is 1. The van der Waals surface area contributed by atoms with Crippen LogP contribution >= 0.6 is 0 Å². The number of hydrogen-bond donors (Lipinski definition) is 1. The molecule has 1 N–H and O–H groups in total. The molecule has 0 amide bonds. The highest BCUT2D eigenvalue weighted by Gasteiger charge is 2.25. The molecule has 0 unspecified atom stereocenters. The zero-order valence-electron chi connectivity index (χ0n) is 11.0. The van der Waals surface area contributed by atoms with Gasteiger partial charge in [-0.1, -0.05) is 17.7 Å². The van der Waals surface area contributed by atoms with E-state index in [1.807, 2.05) is 6.07 Å². The highest BCUT2D eigenvalue weighted by atomic mass is 16.5. The molecule has 1 aromatic rings. The van der Waals surface area contributed by atoms with E-state index >= 15 is 0 Å². The Kier molecular flexibility index (Phi) is 3.65. The van der Waals surface area contributed by atoms with Crippen LogP contribution in [0.2, 0.25) is 0 Å². The first-order valence-electron chi connectivity index (χ1n) is 6.09. The Morgan fingerprint density at radius 3 is 2.89 bits per heavy atom. The largest absolute Gasteiger partial charge is 0.467 e. The molecule has 96 valence electrons. The van der Waals surface area contributed by atoms with Gasteiger partial charge < -0.3 is 10.1 Å². The van der Waals surface area contributed by atoms with Gasteiger partial charge in [0.1, 0.15) is 11.9 Å². The second-order valence-corrected chi connectivity index (χ2v) is 4.60. The molecular weight excluding hydrogens is 228 g/mol. The van der Waals surface area contributed by atoms with E-state index in [2.05, 4.69) is 36.3 Å². The van der Waals surface area contributed by atoms with Crippen LogP contribution in [0.3, 0.4) is 0 Å². The van der Waals surface area contributed by atoms with Gasteiger partial charge in [-0.05, 0) is 31.9 Å². The minimum Gasteiger partial charge on any atom is -0.467 e. The van der Waals surface area contributed by atoms with Gasteiger partial charge in [-0.3, -0.25) is 4.99 Å². The van der Waals surface area contributed by atoms with E-state index in [0.29, 0.717) is 0 Å². The van der Waals surface area contributed by atoms with Gasteiger partial charge in [0.2, 0.25) is 0 Å².